The van der Waals surface area contributed by atoms with Gasteiger partial charge in [0.1, 0.15) is 5.82 Å². The van der Waals surface area contributed by atoms with Gasteiger partial charge in [-0.05, 0) is 132 Å². The number of pyridine rings is 1. The number of hydrogen-bond acceptors (Lipinski definition) is 2. The Bertz CT molecular complexity index is 5950. The third kappa shape index (κ3) is 9.05. The molecule has 0 fully saturated rings. The third-order valence-electron chi connectivity index (χ3n) is 13.9. The van der Waals surface area contributed by atoms with E-state index in [1.807, 2.05) is 32.9 Å². The minimum Gasteiger partial charge on any atom is -0.509 e. The maximum absolute atomic E-state index is 10.4. The maximum Gasteiger partial charge on any atom is 0.268 e. The molecule has 0 saturated carbocycles. The van der Waals surface area contributed by atoms with Crippen LogP contribution in [0.25, 0.3) is 83.4 Å². The van der Waals surface area contributed by atoms with Crippen LogP contribution in [-0.2, 0) is 48.1 Å². The molecule has 0 atom stereocenters. The average Bonchev–Trinajstić information content (AvgIpc) is 0.950. The van der Waals surface area contributed by atoms with Crippen molar-refractivity contribution in [2.45, 2.75) is 128 Å². The summed E-state index contributed by atoms with van der Waals surface area (Å²) in [4.78, 5) is 4.75. The molecule has 404 valence electrons. The van der Waals surface area contributed by atoms with Gasteiger partial charge in [0.25, 0.3) is 6.33 Å². The molecule has 3 aromatic heterocycles. The summed E-state index contributed by atoms with van der Waals surface area (Å²) in [6.07, 6.45) is -14.9. The Kier molecular flexibility index (Phi) is 5.65. The van der Waals surface area contributed by atoms with Gasteiger partial charge in [0, 0.05) is 88.1 Å². The van der Waals surface area contributed by atoms with Crippen LogP contribution in [0, 0.1) is 18.5 Å². The van der Waals surface area contributed by atoms with Gasteiger partial charge in [-0.1, -0.05) is 219 Å². The van der Waals surface area contributed by atoms with Crippen molar-refractivity contribution in [1.29, 1.82) is 0 Å². The van der Waals surface area contributed by atoms with Crippen molar-refractivity contribution in [2.75, 3.05) is 0 Å². The van der Waals surface area contributed by atoms with Gasteiger partial charge in [-0.25, -0.2) is 4.98 Å². The number of fused-ring (bicyclic) bond motifs is 6. The summed E-state index contributed by atoms with van der Waals surface area (Å²) in [6, 6.07) is 16.4. The first-order valence-electron chi connectivity index (χ1n) is 46.1. The maximum atomic E-state index is 10.4. The van der Waals surface area contributed by atoms with Gasteiger partial charge in [0.2, 0.25) is 0 Å². The Labute approximate surface area is 548 Å². The van der Waals surface area contributed by atoms with E-state index in [4.69, 9.17) is 46.7 Å². The van der Waals surface area contributed by atoms with Crippen LogP contribution in [0.5, 0.6) is 11.5 Å². The van der Waals surface area contributed by atoms with E-state index in [9.17, 15) is 21.9 Å². The van der Waals surface area contributed by atoms with Crippen molar-refractivity contribution in [3.8, 4) is 62.1 Å². The van der Waals surface area contributed by atoms with E-state index >= 15 is 0 Å². The second-order valence-electron chi connectivity index (χ2n) is 20.2. The van der Waals surface area contributed by atoms with E-state index in [1.165, 1.54) is 42.5 Å². The fourth-order valence-electron chi connectivity index (χ4n) is 9.97. The fourth-order valence-corrected chi connectivity index (χ4v) is 9.97. The Morgan fingerprint density at radius 3 is 1.84 bits per heavy atom. The second-order valence-corrected chi connectivity index (χ2v) is 20.2. The Hall–Kier alpha value is -7.33. The van der Waals surface area contributed by atoms with Crippen molar-refractivity contribution < 1.29 is 89.3 Å². The number of nitrogens with zero attached hydrogens (tertiary/aromatic N) is 4. The summed E-state index contributed by atoms with van der Waals surface area (Å²) in [5.41, 5.74) is -32.2. The molecule has 2 aliphatic carbocycles. The van der Waals surface area contributed by atoms with Crippen molar-refractivity contribution in [3.63, 3.8) is 0 Å². The minimum absolute atomic E-state index is 0. The normalized spacial score (nSPS) is 27.7. The molecule has 3 heterocycles. The van der Waals surface area contributed by atoms with Gasteiger partial charge in [-0.2, -0.15) is 18.2 Å². The topological polar surface area (TPSA) is 35.9 Å². The van der Waals surface area contributed by atoms with Crippen molar-refractivity contribution in [3.05, 3.63) is 222 Å². The van der Waals surface area contributed by atoms with Crippen molar-refractivity contribution in [1.82, 2.24) is 14.1 Å². The Morgan fingerprint density at radius 2 is 1.20 bits per heavy atom. The fraction of sp³-hybridized carbons (Fsp3) is 0.270. The molecule has 5 nitrogen and oxygen atoms in total. The third-order valence-corrected chi connectivity index (χ3v) is 13.9. The second kappa shape index (κ2) is 19.4. The molecule has 2 aliphatic rings. The molecule has 8 aromatic carbocycles. The quantitative estimate of drug-likeness (QED) is 0.112. The summed E-state index contributed by atoms with van der Waals surface area (Å²) in [6.45, 7) is -30.8. The van der Waals surface area contributed by atoms with Crippen molar-refractivity contribution in [2.24, 2.45) is 0 Å². The van der Waals surface area contributed by atoms with Crippen LogP contribution in [0.2, 0.25) is 0 Å². The molecular weight excluding hydrogens is 1160 g/mol. The molecule has 0 spiro atoms. The van der Waals surface area contributed by atoms with Gasteiger partial charge in [-0.3, -0.25) is 4.57 Å². The molecular formula is C74H70N4OPt-2. The summed E-state index contributed by atoms with van der Waals surface area (Å²) in [7, 11) is 0. The largest absolute Gasteiger partial charge is 0.509 e. The van der Waals surface area contributed by atoms with E-state index in [-0.39, 0.29) is 65.9 Å². The van der Waals surface area contributed by atoms with Gasteiger partial charge in [0.05, 0.1) is 31.8 Å². The average molecular weight is 1270 g/mol. The monoisotopic (exact) mass is 1270 g/mol. The van der Waals surface area contributed by atoms with E-state index in [2.05, 4.69) is 18.5 Å². The van der Waals surface area contributed by atoms with E-state index in [0.29, 0.717) is 22.1 Å². The van der Waals surface area contributed by atoms with Crippen LogP contribution < -0.4 is 9.30 Å². The van der Waals surface area contributed by atoms with E-state index in [1.54, 1.807) is 41.1 Å². The van der Waals surface area contributed by atoms with Gasteiger partial charge >= 0.3 is 0 Å². The predicted octanol–water partition coefficient (Wildman–Crippen LogP) is 18.6. The van der Waals surface area contributed by atoms with Crippen LogP contribution in [0.1, 0.15) is 188 Å². The first kappa shape index (κ1) is 23.3. The van der Waals surface area contributed by atoms with Gasteiger partial charge in [0.15, 0.2) is 0 Å². The molecule has 0 bridgehead atoms. The summed E-state index contributed by atoms with van der Waals surface area (Å²) < 4.78 is 409. The van der Waals surface area contributed by atoms with Gasteiger partial charge in [-0.15, -0.1) is 23.6 Å². The number of imidazole rings is 1. The summed E-state index contributed by atoms with van der Waals surface area (Å²) in [5, 5.41) is 1.01. The van der Waals surface area contributed by atoms with Crippen LogP contribution in [0.15, 0.2) is 176 Å². The molecule has 0 aliphatic heterocycles. The Balaban J connectivity index is 0.0000138. The molecule has 0 N–H and O–H groups in total. The first-order valence-corrected chi connectivity index (χ1v) is 24.6. The van der Waals surface area contributed by atoms with E-state index < -0.39 is 224 Å². The predicted molar refractivity (Wildman–Crippen MR) is 326 cm³/mol. The number of para-hydroxylation sites is 4. The number of hydrogen-bond donors (Lipinski definition) is 0. The van der Waals surface area contributed by atoms with Crippen LogP contribution in [0.4, 0.5) is 0 Å². The summed E-state index contributed by atoms with van der Waals surface area (Å²) >= 11 is 0. The van der Waals surface area contributed by atoms with Crippen LogP contribution >= 0.6 is 0 Å². The van der Waals surface area contributed by atoms with E-state index in [0.717, 1.165) is 32.9 Å². The standard InChI is InChI=1S/C74H70N4O.Pt/c1-70(2,3)51-35-40-75-68(43-51)78-63-28-16-15-25-56(63)58-45-57(48-21-13-12-14-22-48)67(46-66(58)78)79-53-24-19-23-52(44-53)76-47-77(65-30-18-17-29-64(65)76)69-54(49-31-33-59-61(41-49)73(8,9)38-36-71(59,4)5)26-20-27-55(69)50-32-34-60-62(42-50)74(10,11)39-37-72(60,6)7;/h12-35,40-43,45H,36-39H2,1-11H3;/q-2;/i4D3,5D3,6D3,7D3,8D3,9D3,10D3,11D3,12D,13D,14D,21D,22D,31D,32D,33D,34D,36D2,37D2,38D2,39D2,41D,42D;. The minimum atomic E-state index is -4.90. The molecule has 11 aromatic rings. The molecule has 0 unspecified atom stereocenters. The number of rotatable bonds is 8. The molecule has 6 heteroatoms. The SMILES string of the molecule is [2H]c1c([2H])c([2H])c(-c2cc3c4ccccc4n(-c4cc(C(C)(C)C)ccn4)c3[c-]c2Oc2[c-]c(-n3[c-][n+](-c4c(-c5c([2H])c([2H])c6c(c5[2H])C(C([2H])([2H])[2H])(C([2H])([2H])[2H])C([2H])([2H])C([2H])([2H])C6(C([2H])([2H])[2H])C([2H])([2H])[2H])cccc4-c4c([2H])c([2H])c5c(c4[2H])C(C([2H])([2H])[2H])(C([2H])([2H])[2H])C([2H])([2H])C([2H])([2H])C5(C([2H])([2H])[2H])C([2H])([2H])[2H])c4ccccc43)ccc2)c([2H])c1[2H].[Pt]. The molecule has 0 radical (unpaired) electrons. The first-order chi connectivity index (χ1) is 55.4. The molecule has 0 amide bonds. The number of benzene rings is 8. The number of aromatic nitrogens is 4. The van der Waals surface area contributed by atoms with Crippen LogP contribution in [-0.4, -0.2) is 14.1 Å². The van der Waals surface area contributed by atoms with Crippen molar-refractivity contribution >= 4 is 32.8 Å². The molecule has 80 heavy (non-hydrogen) atoms. The Morgan fingerprint density at radius 1 is 0.600 bits per heavy atom. The molecule has 0 saturated heterocycles. The summed E-state index contributed by atoms with van der Waals surface area (Å²) in [5.74, 6) is -0.195. The van der Waals surface area contributed by atoms with Crippen LogP contribution in [0.3, 0.4) is 0 Å². The van der Waals surface area contributed by atoms with Gasteiger partial charge < -0.3 is 13.9 Å². The smallest absolute Gasteiger partial charge is 0.268 e. The zero-order valence-electron chi connectivity index (χ0n) is 85.4. The zero-order valence-corrected chi connectivity index (χ0v) is 44.7. The zero-order chi connectivity index (χ0) is 91.5. The molecule has 13 rings (SSSR count). The number of ether oxygens (including phenoxy) is 1.